The van der Waals surface area contributed by atoms with Crippen LogP contribution in [0.25, 0.3) is 11.4 Å². The molecule has 2 aromatic rings. The zero-order valence-electron chi connectivity index (χ0n) is 16.4. The fourth-order valence-corrected chi connectivity index (χ4v) is 3.47. The number of hydrogen-bond donors (Lipinski definition) is 0. The third-order valence-corrected chi connectivity index (χ3v) is 5.24. The second kappa shape index (κ2) is 9.67. The van der Waals surface area contributed by atoms with Gasteiger partial charge in [0.15, 0.2) is 0 Å². The van der Waals surface area contributed by atoms with Crippen LogP contribution in [0, 0.1) is 0 Å². The third-order valence-electron chi connectivity index (χ3n) is 5.24. The highest BCUT2D eigenvalue weighted by atomic mass is 16.5. The van der Waals surface area contributed by atoms with Gasteiger partial charge in [-0.2, -0.15) is 4.98 Å². The Bertz CT molecular complexity index is 705. The lowest BCUT2D eigenvalue weighted by Gasteiger charge is -2.37. The molecule has 1 aromatic carbocycles. The first kappa shape index (κ1) is 19.6. The molecule has 0 N–H and O–H groups in total. The van der Waals surface area contributed by atoms with Gasteiger partial charge in [0.1, 0.15) is 5.75 Å². The molecule has 0 radical (unpaired) electrons. The smallest absolute Gasteiger partial charge is 0.241 e. The molecule has 3 rings (SSSR count). The molecule has 6 heteroatoms. The number of benzene rings is 1. The van der Waals surface area contributed by atoms with Gasteiger partial charge < -0.3 is 9.26 Å². The minimum atomic E-state index is 0.627. The van der Waals surface area contributed by atoms with Crippen molar-refractivity contribution < 1.29 is 9.26 Å². The summed E-state index contributed by atoms with van der Waals surface area (Å²) in [5.41, 5.74) is 0.934. The SMILES string of the molecule is C=CCCCC(C)N1CCN(Cc2nc(-c3ccc(OC)cc3)no2)CC1. The van der Waals surface area contributed by atoms with Crippen molar-refractivity contribution in [1.29, 1.82) is 0 Å². The van der Waals surface area contributed by atoms with E-state index in [1.54, 1.807) is 7.11 Å². The van der Waals surface area contributed by atoms with E-state index in [0.717, 1.165) is 43.9 Å². The molecule has 27 heavy (non-hydrogen) atoms. The number of rotatable bonds is 9. The van der Waals surface area contributed by atoms with Gasteiger partial charge in [-0.05, 0) is 50.5 Å². The second-order valence-corrected chi connectivity index (χ2v) is 7.12. The number of ether oxygens (including phenoxy) is 1. The monoisotopic (exact) mass is 370 g/mol. The van der Waals surface area contributed by atoms with Crippen LogP contribution in [0.1, 0.15) is 32.1 Å². The second-order valence-electron chi connectivity index (χ2n) is 7.12. The van der Waals surface area contributed by atoms with Crippen LogP contribution >= 0.6 is 0 Å². The molecule has 0 amide bonds. The number of aromatic nitrogens is 2. The van der Waals surface area contributed by atoms with Crippen LogP contribution in [0.2, 0.25) is 0 Å². The molecule has 0 aliphatic carbocycles. The Hall–Kier alpha value is -2.18. The molecule has 0 bridgehead atoms. The first-order valence-electron chi connectivity index (χ1n) is 9.74. The van der Waals surface area contributed by atoms with Gasteiger partial charge in [-0.15, -0.1) is 6.58 Å². The molecule has 1 saturated heterocycles. The lowest BCUT2D eigenvalue weighted by molar-refractivity contribution is 0.0870. The van der Waals surface area contributed by atoms with Crippen LogP contribution < -0.4 is 4.74 Å². The highest BCUT2D eigenvalue weighted by Crippen LogP contribution is 2.20. The van der Waals surface area contributed by atoms with E-state index in [0.29, 0.717) is 24.3 Å². The van der Waals surface area contributed by atoms with Crippen LogP contribution in [0.5, 0.6) is 5.75 Å². The normalized spacial score (nSPS) is 17.0. The Morgan fingerprint density at radius 3 is 2.63 bits per heavy atom. The van der Waals surface area contributed by atoms with Crippen LogP contribution in [0.4, 0.5) is 0 Å². The summed E-state index contributed by atoms with van der Waals surface area (Å²) in [6.45, 7) is 11.1. The van der Waals surface area contributed by atoms with Crippen LogP contribution in [0.15, 0.2) is 41.4 Å². The molecule has 1 unspecified atom stereocenters. The van der Waals surface area contributed by atoms with Crippen molar-refractivity contribution in [3.05, 3.63) is 42.8 Å². The third kappa shape index (κ3) is 5.40. The Morgan fingerprint density at radius 1 is 1.22 bits per heavy atom. The molecule has 6 nitrogen and oxygen atoms in total. The van der Waals surface area contributed by atoms with Gasteiger partial charge >= 0.3 is 0 Å². The van der Waals surface area contributed by atoms with E-state index in [1.807, 2.05) is 30.3 Å². The van der Waals surface area contributed by atoms with E-state index < -0.39 is 0 Å². The zero-order chi connectivity index (χ0) is 19.1. The summed E-state index contributed by atoms with van der Waals surface area (Å²) in [4.78, 5) is 9.52. The first-order chi connectivity index (χ1) is 13.2. The van der Waals surface area contributed by atoms with E-state index in [4.69, 9.17) is 9.26 Å². The van der Waals surface area contributed by atoms with Gasteiger partial charge in [0.25, 0.3) is 0 Å². The Labute approximate surface area is 161 Å². The molecule has 1 aliphatic heterocycles. The number of allylic oxidation sites excluding steroid dienone is 1. The first-order valence-corrected chi connectivity index (χ1v) is 9.74. The van der Waals surface area contributed by atoms with Gasteiger partial charge in [0, 0.05) is 37.8 Å². The van der Waals surface area contributed by atoms with Gasteiger partial charge in [-0.3, -0.25) is 9.80 Å². The molecule has 1 aliphatic rings. The molecular formula is C21H30N4O2. The van der Waals surface area contributed by atoms with E-state index in [1.165, 1.54) is 12.8 Å². The minimum Gasteiger partial charge on any atom is -0.497 e. The number of piperazine rings is 1. The zero-order valence-corrected chi connectivity index (χ0v) is 16.4. The maximum atomic E-state index is 5.46. The maximum absolute atomic E-state index is 5.46. The number of hydrogen-bond acceptors (Lipinski definition) is 6. The molecule has 0 spiro atoms. The van der Waals surface area contributed by atoms with Crippen LogP contribution in [-0.2, 0) is 6.54 Å². The summed E-state index contributed by atoms with van der Waals surface area (Å²) < 4.78 is 10.6. The predicted octanol–water partition coefficient (Wildman–Crippen LogP) is 3.61. The van der Waals surface area contributed by atoms with Gasteiger partial charge in [-0.25, -0.2) is 0 Å². The lowest BCUT2D eigenvalue weighted by atomic mass is 10.1. The van der Waals surface area contributed by atoms with Gasteiger partial charge in [-0.1, -0.05) is 11.2 Å². The molecule has 1 atom stereocenters. The van der Waals surface area contributed by atoms with Gasteiger partial charge in [0.2, 0.25) is 11.7 Å². The van der Waals surface area contributed by atoms with E-state index >= 15 is 0 Å². The quantitative estimate of drug-likeness (QED) is 0.496. The van der Waals surface area contributed by atoms with Crippen molar-refractivity contribution in [1.82, 2.24) is 19.9 Å². The molecule has 2 heterocycles. The Balaban J connectivity index is 1.48. The fraction of sp³-hybridized carbons (Fsp3) is 0.524. The van der Waals surface area contributed by atoms with Crippen molar-refractivity contribution in [2.24, 2.45) is 0 Å². The summed E-state index contributed by atoms with van der Waals surface area (Å²) in [5.74, 6) is 2.12. The Kier molecular flexibility index (Phi) is 7.01. The highest BCUT2D eigenvalue weighted by Gasteiger charge is 2.22. The molecule has 146 valence electrons. The molecule has 1 aromatic heterocycles. The molecular weight excluding hydrogens is 340 g/mol. The highest BCUT2D eigenvalue weighted by molar-refractivity contribution is 5.55. The number of unbranched alkanes of at least 4 members (excludes halogenated alkanes) is 1. The standard InChI is InChI=1S/C21H30N4O2/c1-4-5-6-7-17(2)25-14-12-24(13-15-25)16-20-22-21(23-27-20)18-8-10-19(26-3)11-9-18/h4,8-11,17H,1,5-7,12-16H2,2-3H3. The maximum Gasteiger partial charge on any atom is 0.241 e. The molecule has 0 saturated carbocycles. The number of methoxy groups -OCH3 is 1. The fourth-order valence-electron chi connectivity index (χ4n) is 3.47. The predicted molar refractivity (Wildman–Crippen MR) is 107 cm³/mol. The minimum absolute atomic E-state index is 0.627. The van der Waals surface area contributed by atoms with Crippen molar-refractivity contribution in [3.63, 3.8) is 0 Å². The lowest BCUT2D eigenvalue weighted by Crippen LogP contribution is -2.49. The Morgan fingerprint density at radius 2 is 1.96 bits per heavy atom. The summed E-state index contributed by atoms with van der Waals surface area (Å²) in [7, 11) is 1.66. The van der Waals surface area contributed by atoms with E-state index in [9.17, 15) is 0 Å². The average molecular weight is 370 g/mol. The van der Waals surface area contributed by atoms with Gasteiger partial charge in [0.05, 0.1) is 13.7 Å². The van der Waals surface area contributed by atoms with Crippen molar-refractivity contribution >= 4 is 0 Å². The summed E-state index contributed by atoms with van der Waals surface area (Å²) >= 11 is 0. The summed E-state index contributed by atoms with van der Waals surface area (Å²) in [5, 5.41) is 4.12. The van der Waals surface area contributed by atoms with E-state index in [-0.39, 0.29) is 0 Å². The largest absolute Gasteiger partial charge is 0.497 e. The average Bonchev–Trinajstić information content (AvgIpc) is 3.17. The van der Waals surface area contributed by atoms with Crippen LogP contribution in [0.3, 0.4) is 0 Å². The van der Waals surface area contributed by atoms with Crippen molar-refractivity contribution in [2.75, 3.05) is 33.3 Å². The van der Waals surface area contributed by atoms with Crippen molar-refractivity contribution in [2.45, 2.75) is 38.8 Å². The van der Waals surface area contributed by atoms with Crippen LogP contribution in [-0.4, -0.2) is 59.3 Å². The summed E-state index contributed by atoms with van der Waals surface area (Å²) in [6.07, 6.45) is 5.58. The summed E-state index contributed by atoms with van der Waals surface area (Å²) in [6, 6.07) is 8.33. The van der Waals surface area contributed by atoms with E-state index in [2.05, 4.69) is 33.4 Å². The molecule has 1 fully saturated rings. The van der Waals surface area contributed by atoms with Crippen molar-refractivity contribution in [3.8, 4) is 17.1 Å². The topological polar surface area (TPSA) is 54.6 Å². The number of nitrogens with zero attached hydrogens (tertiary/aromatic N) is 4.